The monoisotopic (exact) mass is 427 g/mol. The first-order valence-electron chi connectivity index (χ1n) is 10.1. The van der Waals surface area contributed by atoms with E-state index in [9.17, 15) is 14.4 Å². The zero-order valence-corrected chi connectivity index (χ0v) is 18.1. The quantitative estimate of drug-likeness (QED) is 0.504. The Morgan fingerprint density at radius 1 is 0.935 bits per heavy atom. The topological polar surface area (TPSA) is 106 Å². The van der Waals surface area contributed by atoms with E-state index >= 15 is 0 Å². The average molecular weight is 428 g/mol. The van der Waals surface area contributed by atoms with Gasteiger partial charge in [0.05, 0.1) is 26.7 Å². The number of hydrogen-bond donors (Lipinski definition) is 3. The number of methoxy groups -OCH3 is 1. The van der Waals surface area contributed by atoms with Gasteiger partial charge in [0, 0.05) is 5.56 Å². The summed E-state index contributed by atoms with van der Waals surface area (Å²) >= 11 is 0. The fourth-order valence-electron chi connectivity index (χ4n) is 2.60. The largest absolute Gasteiger partial charge is 0.493 e. The van der Waals surface area contributed by atoms with Crippen LogP contribution < -0.4 is 25.6 Å². The second-order valence-electron chi connectivity index (χ2n) is 7.34. The number of carbonyl (C=O) groups is 3. The molecule has 166 valence electrons. The number of benzene rings is 2. The second-order valence-corrected chi connectivity index (χ2v) is 7.34. The van der Waals surface area contributed by atoms with Crippen molar-refractivity contribution in [1.82, 2.24) is 16.2 Å². The highest BCUT2D eigenvalue weighted by molar-refractivity contribution is 5.96. The van der Waals surface area contributed by atoms with Crippen LogP contribution in [0, 0.1) is 5.92 Å². The van der Waals surface area contributed by atoms with Crippen LogP contribution >= 0.6 is 0 Å². The Bertz CT molecular complexity index is 884. The van der Waals surface area contributed by atoms with Gasteiger partial charge in [0.25, 0.3) is 11.8 Å². The maximum Gasteiger partial charge on any atom is 0.269 e. The van der Waals surface area contributed by atoms with E-state index in [1.165, 1.54) is 13.2 Å². The minimum Gasteiger partial charge on any atom is -0.493 e. The number of hydrazine groups is 1. The predicted octanol–water partition coefficient (Wildman–Crippen LogP) is 2.24. The zero-order valence-electron chi connectivity index (χ0n) is 18.1. The molecular formula is C23H29N3O5. The fraction of sp³-hybridized carbons (Fsp3) is 0.348. The molecule has 0 aromatic heterocycles. The lowest BCUT2D eigenvalue weighted by Gasteiger charge is -2.13. The van der Waals surface area contributed by atoms with Gasteiger partial charge in [-0.3, -0.25) is 25.2 Å². The molecule has 0 aliphatic carbocycles. The van der Waals surface area contributed by atoms with Crippen molar-refractivity contribution in [3.05, 3.63) is 59.7 Å². The Balaban J connectivity index is 1.79. The number of nitrogens with one attached hydrogen (secondary N) is 3. The summed E-state index contributed by atoms with van der Waals surface area (Å²) in [7, 11) is 1.49. The maximum absolute atomic E-state index is 12.3. The molecule has 31 heavy (non-hydrogen) atoms. The van der Waals surface area contributed by atoms with E-state index in [4.69, 9.17) is 9.47 Å². The summed E-state index contributed by atoms with van der Waals surface area (Å²) in [5.41, 5.74) is 5.73. The maximum atomic E-state index is 12.3. The molecule has 0 bridgehead atoms. The van der Waals surface area contributed by atoms with Crippen molar-refractivity contribution in [3.63, 3.8) is 0 Å². The summed E-state index contributed by atoms with van der Waals surface area (Å²) in [6, 6.07) is 14.0. The van der Waals surface area contributed by atoms with Gasteiger partial charge in [-0.05, 0) is 36.1 Å². The molecule has 0 spiro atoms. The van der Waals surface area contributed by atoms with E-state index in [0.717, 1.165) is 12.0 Å². The van der Waals surface area contributed by atoms with E-state index in [1.807, 2.05) is 30.3 Å². The Labute approximate surface area is 182 Å². The van der Waals surface area contributed by atoms with Gasteiger partial charge in [0.15, 0.2) is 11.5 Å². The third kappa shape index (κ3) is 8.38. The molecule has 0 unspecified atom stereocenters. The lowest BCUT2D eigenvalue weighted by Crippen LogP contribution is -2.46. The van der Waals surface area contributed by atoms with Crippen molar-refractivity contribution < 1.29 is 23.9 Å². The van der Waals surface area contributed by atoms with Gasteiger partial charge < -0.3 is 14.8 Å². The third-order valence-corrected chi connectivity index (χ3v) is 4.35. The minimum absolute atomic E-state index is 0.172. The molecule has 0 radical (unpaired) electrons. The number of ether oxygens (including phenoxy) is 2. The van der Waals surface area contributed by atoms with Crippen molar-refractivity contribution >= 4 is 17.7 Å². The number of rotatable bonds is 10. The van der Waals surface area contributed by atoms with Crippen LogP contribution in [0.4, 0.5) is 0 Å². The van der Waals surface area contributed by atoms with Crippen molar-refractivity contribution in [2.75, 3.05) is 20.3 Å². The molecule has 0 saturated carbocycles. The van der Waals surface area contributed by atoms with E-state index in [2.05, 4.69) is 30.0 Å². The normalized spacial score (nSPS) is 10.3. The van der Waals surface area contributed by atoms with Gasteiger partial charge >= 0.3 is 0 Å². The molecule has 0 atom stereocenters. The van der Waals surface area contributed by atoms with Crippen molar-refractivity contribution in [2.45, 2.75) is 26.7 Å². The molecule has 0 aliphatic heterocycles. The molecule has 0 fully saturated rings. The van der Waals surface area contributed by atoms with Gasteiger partial charge in [-0.1, -0.05) is 44.2 Å². The van der Waals surface area contributed by atoms with E-state index < -0.39 is 11.8 Å². The van der Waals surface area contributed by atoms with Gasteiger partial charge in [-0.2, -0.15) is 0 Å². The SMILES string of the molecule is COc1cc(C(=O)NNC(=O)CNC(=O)Cc2ccccc2)ccc1OCCC(C)C. The average Bonchev–Trinajstić information content (AvgIpc) is 2.76. The van der Waals surface area contributed by atoms with Crippen LogP contribution in [0.15, 0.2) is 48.5 Å². The molecule has 0 heterocycles. The fourth-order valence-corrected chi connectivity index (χ4v) is 2.60. The van der Waals surface area contributed by atoms with Crippen LogP contribution in [0.5, 0.6) is 11.5 Å². The minimum atomic E-state index is -0.546. The highest BCUT2D eigenvalue weighted by Crippen LogP contribution is 2.28. The molecule has 8 nitrogen and oxygen atoms in total. The van der Waals surface area contributed by atoms with Gasteiger partial charge in [0.1, 0.15) is 0 Å². The Hall–Kier alpha value is -3.55. The van der Waals surface area contributed by atoms with Gasteiger partial charge in [0.2, 0.25) is 5.91 Å². The Kier molecular flexibility index (Phi) is 9.35. The van der Waals surface area contributed by atoms with Crippen LogP contribution in [0.25, 0.3) is 0 Å². The summed E-state index contributed by atoms with van der Waals surface area (Å²) in [5.74, 6) is 0.139. The van der Waals surface area contributed by atoms with E-state index in [0.29, 0.717) is 29.6 Å². The molecule has 2 aromatic carbocycles. The number of amides is 3. The number of hydrogen-bond acceptors (Lipinski definition) is 5. The van der Waals surface area contributed by atoms with Gasteiger partial charge in [-0.15, -0.1) is 0 Å². The number of carbonyl (C=O) groups excluding carboxylic acids is 3. The molecule has 8 heteroatoms. The Morgan fingerprint density at radius 2 is 1.68 bits per heavy atom. The predicted molar refractivity (Wildman–Crippen MR) is 117 cm³/mol. The third-order valence-electron chi connectivity index (χ3n) is 4.35. The van der Waals surface area contributed by atoms with Crippen molar-refractivity contribution in [1.29, 1.82) is 0 Å². The molecule has 3 N–H and O–H groups in total. The molecule has 0 aliphatic rings. The van der Waals surface area contributed by atoms with Crippen LogP contribution in [0.3, 0.4) is 0 Å². The van der Waals surface area contributed by atoms with Crippen molar-refractivity contribution in [2.24, 2.45) is 5.92 Å². The lowest BCUT2D eigenvalue weighted by atomic mass is 10.1. The molecule has 2 aromatic rings. The van der Waals surface area contributed by atoms with Gasteiger partial charge in [-0.25, -0.2) is 0 Å². The molecule has 3 amide bonds. The standard InChI is InChI=1S/C23H29N3O5/c1-16(2)11-12-31-19-10-9-18(14-20(19)30-3)23(29)26-25-22(28)15-24-21(27)13-17-7-5-4-6-8-17/h4-10,14,16H,11-13,15H2,1-3H3,(H,24,27)(H,25,28)(H,26,29). The first kappa shape index (κ1) is 23.7. The highest BCUT2D eigenvalue weighted by Gasteiger charge is 2.13. The van der Waals surface area contributed by atoms with E-state index in [1.54, 1.807) is 12.1 Å². The summed E-state index contributed by atoms with van der Waals surface area (Å²) in [5, 5.41) is 2.51. The lowest BCUT2D eigenvalue weighted by molar-refractivity contribution is -0.126. The smallest absolute Gasteiger partial charge is 0.269 e. The van der Waals surface area contributed by atoms with Crippen LogP contribution in [0.1, 0.15) is 36.2 Å². The molecule has 0 saturated heterocycles. The molecular weight excluding hydrogens is 398 g/mol. The highest BCUT2D eigenvalue weighted by atomic mass is 16.5. The summed E-state index contributed by atoms with van der Waals surface area (Å²) in [6.45, 7) is 4.51. The van der Waals surface area contributed by atoms with Crippen LogP contribution in [-0.2, 0) is 16.0 Å². The first-order valence-corrected chi connectivity index (χ1v) is 10.1. The first-order chi connectivity index (χ1) is 14.9. The van der Waals surface area contributed by atoms with Crippen LogP contribution in [-0.4, -0.2) is 38.0 Å². The zero-order chi connectivity index (χ0) is 22.6. The summed E-state index contributed by atoms with van der Waals surface area (Å²) in [6.07, 6.45) is 1.07. The molecule has 2 rings (SSSR count). The second kappa shape index (κ2) is 12.2. The summed E-state index contributed by atoms with van der Waals surface area (Å²) < 4.78 is 11.0. The Morgan fingerprint density at radius 3 is 2.35 bits per heavy atom. The van der Waals surface area contributed by atoms with Crippen molar-refractivity contribution in [3.8, 4) is 11.5 Å². The van der Waals surface area contributed by atoms with Crippen LogP contribution in [0.2, 0.25) is 0 Å². The summed E-state index contributed by atoms with van der Waals surface area (Å²) in [4.78, 5) is 36.1. The van der Waals surface area contributed by atoms with E-state index in [-0.39, 0.29) is 18.9 Å².